The van der Waals surface area contributed by atoms with Crippen LogP contribution < -0.4 is 4.31 Å². The zero-order valence-electron chi connectivity index (χ0n) is 19.3. The summed E-state index contributed by atoms with van der Waals surface area (Å²) in [4.78, 5) is 16.8. The molecule has 0 unspecified atom stereocenters. The molecule has 1 N–H and O–H groups in total. The first kappa shape index (κ1) is 28.7. The van der Waals surface area contributed by atoms with E-state index in [0.29, 0.717) is 22.5 Å². The minimum atomic E-state index is -6.13. The number of amides is 1. The van der Waals surface area contributed by atoms with Crippen LogP contribution in [0.25, 0.3) is 0 Å². The van der Waals surface area contributed by atoms with E-state index in [-0.39, 0.29) is 24.1 Å². The average Bonchev–Trinajstić information content (AvgIpc) is 2.81. The lowest BCUT2D eigenvalue weighted by atomic mass is 9.87. The molecule has 7 nitrogen and oxygen atoms in total. The summed E-state index contributed by atoms with van der Waals surface area (Å²) in [5, 5.41) is 10.6. The molecule has 15 heteroatoms. The Bertz CT molecular complexity index is 1250. The van der Waals surface area contributed by atoms with Crippen LogP contribution in [0.5, 0.6) is 0 Å². The van der Waals surface area contributed by atoms with E-state index in [9.17, 15) is 49.1 Å². The molecule has 1 atom stereocenters. The third-order valence-corrected chi connectivity index (χ3v) is 7.92. The summed E-state index contributed by atoms with van der Waals surface area (Å²) in [5.74, 6) is -1.41. The number of sulfonamides is 1. The Balaban J connectivity index is 2.18. The Morgan fingerprint density at radius 3 is 2.16 bits per heavy atom. The highest BCUT2D eigenvalue weighted by Crippen LogP contribution is 2.51. The van der Waals surface area contributed by atoms with Crippen LogP contribution in [0.15, 0.2) is 47.4 Å². The second kappa shape index (κ2) is 9.76. The zero-order valence-corrected chi connectivity index (χ0v) is 20.1. The number of anilines is 1. The van der Waals surface area contributed by atoms with Crippen molar-refractivity contribution in [3.05, 3.63) is 59.4 Å². The summed E-state index contributed by atoms with van der Waals surface area (Å²) in [6.07, 6.45) is -13.1. The number of alkyl halides is 6. The van der Waals surface area contributed by atoms with E-state index < -0.39 is 62.6 Å². The number of nitrogens with zero attached hydrogens (tertiary/aromatic N) is 2. The number of fused-ring (bicyclic) bond motifs is 1. The normalized spacial score (nSPS) is 16.9. The second-order valence-electron chi connectivity index (χ2n) is 8.27. The van der Waals surface area contributed by atoms with Crippen molar-refractivity contribution in [3.63, 3.8) is 0 Å². The van der Waals surface area contributed by atoms with E-state index >= 15 is 0 Å². The molecule has 0 radical (unpaired) electrons. The zero-order chi connectivity index (χ0) is 28.0. The van der Waals surface area contributed by atoms with Gasteiger partial charge in [0.25, 0.3) is 15.6 Å². The molecule has 1 heterocycles. The highest BCUT2D eigenvalue weighted by molar-refractivity contribution is 7.92. The molecule has 204 valence electrons. The number of aliphatic hydroxyl groups is 1. The summed E-state index contributed by atoms with van der Waals surface area (Å²) in [6, 6.07) is 3.95. The largest absolute Gasteiger partial charge is 0.430 e. The van der Waals surface area contributed by atoms with Crippen molar-refractivity contribution in [3.8, 4) is 0 Å². The summed E-state index contributed by atoms with van der Waals surface area (Å²) in [6.45, 7) is 0. The van der Waals surface area contributed by atoms with Crippen molar-refractivity contribution < 1.29 is 53.9 Å². The lowest BCUT2D eigenvalue weighted by Crippen LogP contribution is -2.54. The van der Waals surface area contributed by atoms with Gasteiger partial charge >= 0.3 is 12.4 Å². The first-order chi connectivity index (χ1) is 16.9. The lowest BCUT2D eigenvalue weighted by molar-refractivity contribution is -0.376. The summed E-state index contributed by atoms with van der Waals surface area (Å²) in [5.41, 5.74) is -7.27. The van der Waals surface area contributed by atoms with Gasteiger partial charge in [-0.05, 0) is 48.7 Å². The Labute approximate surface area is 207 Å². The second-order valence-corrected chi connectivity index (χ2v) is 10.1. The number of aryl methyl sites for hydroxylation is 1. The van der Waals surface area contributed by atoms with E-state index in [4.69, 9.17) is 4.84 Å². The third-order valence-electron chi connectivity index (χ3n) is 6.04. The quantitative estimate of drug-likeness (QED) is 0.427. The predicted octanol–water partition coefficient (Wildman–Crippen LogP) is 4.06. The molecule has 0 saturated carbocycles. The Hall–Kier alpha value is -2.91. The fourth-order valence-corrected chi connectivity index (χ4v) is 5.73. The van der Waals surface area contributed by atoms with Gasteiger partial charge in [0.15, 0.2) is 0 Å². The van der Waals surface area contributed by atoms with Gasteiger partial charge < -0.3 is 5.11 Å². The van der Waals surface area contributed by atoms with E-state index in [1.807, 2.05) is 0 Å². The standard InChI is InChI=1S/C22H21F7N2O5S/c1-30(36-2)19(32)12-16-7-3-13-11-14(20(33,21(24,25)26)22(27,28)29)4-10-18(13)31(16)37(34,35)17-8-5-15(23)6-9-17/h4-6,8-11,16,33H,3,7,12H2,1-2H3/t16-/m0/s1. The summed E-state index contributed by atoms with van der Waals surface area (Å²) < 4.78 is 122. The third kappa shape index (κ3) is 5.11. The molecule has 0 bridgehead atoms. The van der Waals surface area contributed by atoms with E-state index in [1.165, 1.54) is 14.2 Å². The monoisotopic (exact) mass is 558 g/mol. The van der Waals surface area contributed by atoms with Crippen LogP contribution in [-0.2, 0) is 31.7 Å². The van der Waals surface area contributed by atoms with Gasteiger partial charge in [0.1, 0.15) is 5.82 Å². The fraction of sp³-hybridized carbons (Fsp3) is 0.409. The Morgan fingerprint density at radius 1 is 1.08 bits per heavy atom. The van der Waals surface area contributed by atoms with Crippen molar-refractivity contribution in [1.29, 1.82) is 0 Å². The van der Waals surface area contributed by atoms with Crippen LogP contribution >= 0.6 is 0 Å². The number of carbonyl (C=O) groups excluding carboxylic acids is 1. The van der Waals surface area contributed by atoms with Gasteiger partial charge in [-0.25, -0.2) is 17.9 Å². The molecule has 0 aliphatic carbocycles. The molecule has 37 heavy (non-hydrogen) atoms. The Morgan fingerprint density at radius 2 is 1.65 bits per heavy atom. The topological polar surface area (TPSA) is 87.2 Å². The van der Waals surface area contributed by atoms with Gasteiger partial charge in [0.05, 0.1) is 30.2 Å². The maximum absolute atomic E-state index is 13.5. The van der Waals surface area contributed by atoms with Crippen LogP contribution in [0.4, 0.5) is 36.4 Å². The number of halogens is 7. The average molecular weight is 558 g/mol. The molecule has 1 amide bonds. The summed E-state index contributed by atoms with van der Waals surface area (Å²) >= 11 is 0. The van der Waals surface area contributed by atoms with Gasteiger partial charge in [-0.2, -0.15) is 26.3 Å². The van der Waals surface area contributed by atoms with Crippen LogP contribution in [0.1, 0.15) is 24.0 Å². The van der Waals surface area contributed by atoms with Crippen molar-refractivity contribution in [1.82, 2.24) is 5.06 Å². The first-order valence-corrected chi connectivity index (χ1v) is 12.0. The molecule has 0 saturated heterocycles. The lowest BCUT2D eigenvalue weighted by Gasteiger charge is -2.39. The van der Waals surface area contributed by atoms with Gasteiger partial charge in [0, 0.05) is 12.6 Å². The highest BCUT2D eigenvalue weighted by Gasteiger charge is 2.71. The van der Waals surface area contributed by atoms with E-state index in [2.05, 4.69) is 0 Å². The molecule has 0 aromatic heterocycles. The van der Waals surface area contributed by atoms with Crippen LogP contribution in [0.3, 0.4) is 0 Å². The number of hydroxylamine groups is 2. The molecular weight excluding hydrogens is 537 g/mol. The first-order valence-electron chi connectivity index (χ1n) is 10.5. The van der Waals surface area contributed by atoms with Gasteiger partial charge in [-0.15, -0.1) is 0 Å². The van der Waals surface area contributed by atoms with Crippen molar-refractivity contribution >= 4 is 21.6 Å². The highest BCUT2D eigenvalue weighted by atomic mass is 32.2. The minimum Gasteiger partial charge on any atom is -0.369 e. The van der Waals surface area contributed by atoms with Gasteiger partial charge in [-0.1, -0.05) is 12.1 Å². The maximum atomic E-state index is 13.5. The molecule has 0 spiro atoms. The van der Waals surface area contributed by atoms with Crippen molar-refractivity contribution in [2.75, 3.05) is 18.5 Å². The maximum Gasteiger partial charge on any atom is 0.430 e. The number of hydrogen-bond acceptors (Lipinski definition) is 5. The molecule has 0 fully saturated rings. The smallest absolute Gasteiger partial charge is 0.369 e. The van der Waals surface area contributed by atoms with Gasteiger partial charge in [0.2, 0.25) is 5.91 Å². The Kier molecular flexibility index (Phi) is 7.56. The van der Waals surface area contributed by atoms with E-state index in [1.54, 1.807) is 0 Å². The number of rotatable bonds is 6. The predicted molar refractivity (Wildman–Crippen MR) is 115 cm³/mol. The van der Waals surface area contributed by atoms with Crippen molar-refractivity contribution in [2.24, 2.45) is 0 Å². The molecule has 2 aromatic carbocycles. The molecule has 1 aliphatic rings. The molecule has 3 rings (SSSR count). The van der Waals surface area contributed by atoms with Crippen LogP contribution in [0.2, 0.25) is 0 Å². The molecule has 1 aliphatic heterocycles. The van der Waals surface area contributed by atoms with Gasteiger partial charge in [-0.3, -0.25) is 13.9 Å². The molecular formula is C22H21F7N2O5S. The van der Waals surface area contributed by atoms with E-state index in [0.717, 1.165) is 29.3 Å². The summed E-state index contributed by atoms with van der Waals surface area (Å²) in [7, 11) is -2.13. The molecule has 2 aromatic rings. The number of benzene rings is 2. The SMILES string of the molecule is CON(C)C(=O)C[C@@H]1CCc2cc(C(O)(C(F)(F)F)C(F)(F)F)ccc2N1S(=O)(=O)c1ccc(F)cc1. The fourth-order valence-electron chi connectivity index (χ4n) is 4.01. The minimum absolute atomic E-state index is 0.170. The van der Waals surface area contributed by atoms with Crippen LogP contribution in [-0.4, -0.2) is 57.0 Å². The number of hydrogen-bond donors (Lipinski definition) is 1. The van der Waals surface area contributed by atoms with Crippen LogP contribution in [0, 0.1) is 5.82 Å². The number of carbonyl (C=O) groups is 1. The van der Waals surface area contributed by atoms with Crippen molar-refractivity contribution in [2.45, 2.75) is 48.2 Å².